The Balaban J connectivity index is 1.77. The Labute approximate surface area is 154 Å². The van der Waals surface area contributed by atoms with Crippen molar-refractivity contribution in [1.82, 2.24) is 14.9 Å². The van der Waals surface area contributed by atoms with Gasteiger partial charge in [-0.1, -0.05) is 12.1 Å². The highest BCUT2D eigenvalue weighted by Crippen LogP contribution is 2.20. The monoisotopic (exact) mass is 355 g/mol. The molecule has 1 aromatic carbocycles. The minimum absolute atomic E-state index is 0.00594. The van der Waals surface area contributed by atoms with Crippen LogP contribution in [-0.2, 0) is 4.74 Å². The van der Waals surface area contributed by atoms with E-state index in [2.05, 4.69) is 9.97 Å². The molecule has 138 valence electrons. The van der Waals surface area contributed by atoms with Crippen LogP contribution in [0.15, 0.2) is 36.5 Å². The predicted octanol–water partition coefficient (Wildman–Crippen LogP) is 3.18. The number of ether oxygens (including phenoxy) is 2. The summed E-state index contributed by atoms with van der Waals surface area (Å²) in [4.78, 5) is 23.4. The fourth-order valence-electron chi connectivity index (χ4n) is 3.12. The summed E-state index contributed by atoms with van der Waals surface area (Å²) >= 11 is 0. The van der Waals surface area contributed by atoms with Gasteiger partial charge in [0.15, 0.2) is 5.82 Å². The van der Waals surface area contributed by atoms with Crippen molar-refractivity contribution in [1.29, 1.82) is 0 Å². The van der Waals surface area contributed by atoms with Gasteiger partial charge in [0.2, 0.25) is 5.88 Å². The average Bonchev–Trinajstić information content (AvgIpc) is 2.72. The Bertz CT molecular complexity index is 745. The molecule has 0 radical (unpaired) electrons. The summed E-state index contributed by atoms with van der Waals surface area (Å²) in [5.41, 5.74) is 1.42. The number of rotatable bonds is 6. The number of likely N-dealkylation sites (N-methyl/N-ethyl adjacent to an activating group) is 1. The zero-order valence-electron chi connectivity index (χ0n) is 15.4. The van der Waals surface area contributed by atoms with Crippen molar-refractivity contribution < 1.29 is 14.3 Å². The van der Waals surface area contributed by atoms with Gasteiger partial charge in [-0.3, -0.25) is 4.79 Å². The van der Waals surface area contributed by atoms with Gasteiger partial charge >= 0.3 is 0 Å². The van der Waals surface area contributed by atoms with Gasteiger partial charge in [-0.15, -0.1) is 0 Å². The van der Waals surface area contributed by atoms with Crippen LogP contribution in [0.3, 0.4) is 0 Å². The second-order valence-electron chi connectivity index (χ2n) is 6.34. The molecule has 2 heterocycles. The van der Waals surface area contributed by atoms with Gasteiger partial charge in [0.25, 0.3) is 5.91 Å². The van der Waals surface area contributed by atoms with E-state index in [0.717, 1.165) is 25.0 Å². The van der Waals surface area contributed by atoms with E-state index in [-0.39, 0.29) is 12.0 Å². The summed E-state index contributed by atoms with van der Waals surface area (Å²) in [7, 11) is 1.57. The second-order valence-corrected chi connectivity index (χ2v) is 6.34. The van der Waals surface area contributed by atoms with Crippen LogP contribution in [-0.4, -0.2) is 53.7 Å². The maximum absolute atomic E-state index is 13.0. The fourth-order valence-corrected chi connectivity index (χ4v) is 3.12. The third kappa shape index (κ3) is 4.38. The first-order chi connectivity index (χ1) is 12.7. The molecule has 0 bridgehead atoms. The number of hydrogen-bond acceptors (Lipinski definition) is 5. The maximum Gasteiger partial charge on any atom is 0.253 e. The van der Waals surface area contributed by atoms with Crippen molar-refractivity contribution in [2.24, 2.45) is 0 Å². The van der Waals surface area contributed by atoms with E-state index in [4.69, 9.17) is 9.47 Å². The van der Waals surface area contributed by atoms with E-state index in [9.17, 15) is 4.79 Å². The molecule has 0 spiro atoms. The van der Waals surface area contributed by atoms with Gasteiger partial charge < -0.3 is 14.4 Å². The molecule has 2 aromatic rings. The Hall–Kier alpha value is -2.47. The third-order valence-electron chi connectivity index (χ3n) is 4.57. The summed E-state index contributed by atoms with van der Waals surface area (Å²) < 4.78 is 10.9. The van der Waals surface area contributed by atoms with Crippen LogP contribution in [0, 0.1) is 0 Å². The molecule has 6 nitrogen and oxygen atoms in total. The molecular weight excluding hydrogens is 330 g/mol. The molecule has 1 fully saturated rings. The van der Waals surface area contributed by atoms with Gasteiger partial charge in [-0.05, 0) is 38.3 Å². The van der Waals surface area contributed by atoms with Gasteiger partial charge in [-0.25, -0.2) is 4.98 Å². The number of amides is 1. The third-order valence-corrected chi connectivity index (χ3v) is 4.57. The molecular formula is C20H25N3O3. The zero-order chi connectivity index (χ0) is 18.4. The summed E-state index contributed by atoms with van der Waals surface area (Å²) in [6.45, 7) is 4.07. The Morgan fingerprint density at radius 3 is 2.96 bits per heavy atom. The Morgan fingerprint density at radius 1 is 1.35 bits per heavy atom. The van der Waals surface area contributed by atoms with Gasteiger partial charge in [0.1, 0.15) is 0 Å². The minimum atomic E-state index is 0.00594. The van der Waals surface area contributed by atoms with Crippen LogP contribution in [0.1, 0.15) is 36.5 Å². The van der Waals surface area contributed by atoms with Crippen LogP contribution in [0.5, 0.6) is 5.88 Å². The molecule has 1 aliphatic heterocycles. The van der Waals surface area contributed by atoms with Crippen molar-refractivity contribution in [2.75, 3.05) is 26.8 Å². The molecule has 1 amide bonds. The molecule has 1 saturated heterocycles. The molecule has 0 unspecified atom stereocenters. The zero-order valence-corrected chi connectivity index (χ0v) is 15.4. The number of benzene rings is 1. The average molecular weight is 355 g/mol. The van der Waals surface area contributed by atoms with Crippen LogP contribution in [0.25, 0.3) is 11.4 Å². The standard InChI is InChI=1S/C20H25N3O3/c1-3-23(14-17-9-4-5-12-26-17)20(24)16-8-6-7-15(13-16)19-21-11-10-18(22-19)25-2/h6-8,10-11,13,17H,3-5,9,12,14H2,1-2H3/t17-/m0/s1. The highest BCUT2D eigenvalue weighted by Gasteiger charge is 2.21. The summed E-state index contributed by atoms with van der Waals surface area (Å²) in [5, 5.41) is 0. The van der Waals surface area contributed by atoms with Crippen molar-refractivity contribution in [3.63, 3.8) is 0 Å². The van der Waals surface area contributed by atoms with E-state index in [0.29, 0.717) is 30.4 Å². The lowest BCUT2D eigenvalue weighted by Gasteiger charge is -2.29. The molecule has 0 saturated carbocycles. The Morgan fingerprint density at radius 2 is 2.23 bits per heavy atom. The molecule has 3 rings (SSSR count). The highest BCUT2D eigenvalue weighted by atomic mass is 16.5. The van der Waals surface area contributed by atoms with Crippen LogP contribution < -0.4 is 4.74 Å². The Kier molecular flexibility index (Phi) is 6.17. The second kappa shape index (κ2) is 8.76. The predicted molar refractivity (Wildman–Crippen MR) is 99.2 cm³/mol. The molecule has 26 heavy (non-hydrogen) atoms. The maximum atomic E-state index is 13.0. The number of aromatic nitrogens is 2. The van der Waals surface area contributed by atoms with Crippen LogP contribution in [0.2, 0.25) is 0 Å². The van der Waals surface area contributed by atoms with E-state index in [1.165, 1.54) is 6.42 Å². The number of carbonyl (C=O) groups is 1. The molecule has 1 aromatic heterocycles. The SMILES string of the molecule is CCN(C[C@@H]1CCCCO1)C(=O)c1cccc(-c2nccc(OC)n2)c1. The normalized spacial score (nSPS) is 16.9. The van der Waals surface area contributed by atoms with Crippen LogP contribution >= 0.6 is 0 Å². The quantitative estimate of drug-likeness (QED) is 0.796. The van der Waals surface area contributed by atoms with Gasteiger partial charge in [0.05, 0.1) is 13.2 Å². The first-order valence-corrected chi connectivity index (χ1v) is 9.09. The smallest absolute Gasteiger partial charge is 0.253 e. The number of nitrogens with zero attached hydrogens (tertiary/aromatic N) is 3. The van der Waals surface area contributed by atoms with Crippen LogP contribution in [0.4, 0.5) is 0 Å². The number of carbonyl (C=O) groups excluding carboxylic acids is 1. The molecule has 0 N–H and O–H groups in total. The first kappa shape index (κ1) is 18.3. The van der Waals surface area contributed by atoms with Crippen molar-refractivity contribution in [3.8, 4) is 17.3 Å². The summed E-state index contributed by atoms with van der Waals surface area (Å²) in [6, 6.07) is 9.11. The lowest BCUT2D eigenvalue weighted by molar-refractivity contribution is -0.00311. The topological polar surface area (TPSA) is 64.5 Å². The lowest BCUT2D eigenvalue weighted by Crippen LogP contribution is -2.39. The fraction of sp³-hybridized carbons (Fsp3) is 0.450. The minimum Gasteiger partial charge on any atom is -0.481 e. The summed E-state index contributed by atoms with van der Waals surface area (Å²) in [5.74, 6) is 1.04. The van der Waals surface area contributed by atoms with Crippen molar-refractivity contribution >= 4 is 5.91 Å². The number of hydrogen-bond donors (Lipinski definition) is 0. The summed E-state index contributed by atoms with van der Waals surface area (Å²) in [6.07, 6.45) is 5.08. The van der Waals surface area contributed by atoms with E-state index < -0.39 is 0 Å². The van der Waals surface area contributed by atoms with Crippen molar-refractivity contribution in [3.05, 3.63) is 42.1 Å². The molecule has 1 atom stereocenters. The lowest BCUT2D eigenvalue weighted by atomic mass is 10.1. The molecule has 0 aliphatic carbocycles. The molecule has 1 aliphatic rings. The van der Waals surface area contributed by atoms with Crippen molar-refractivity contribution in [2.45, 2.75) is 32.3 Å². The highest BCUT2D eigenvalue weighted by molar-refractivity contribution is 5.95. The molecule has 6 heteroatoms. The van der Waals surface area contributed by atoms with Gasteiger partial charge in [0, 0.05) is 43.1 Å². The number of methoxy groups -OCH3 is 1. The largest absolute Gasteiger partial charge is 0.481 e. The van der Waals surface area contributed by atoms with E-state index >= 15 is 0 Å². The first-order valence-electron chi connectivity index (χ1n) is 9.09. The van der Waals surface area contributed by atoms with E-state index in [1.807, 2.05) is 36.1 Å². The van der Waals surface area contributed by atoms with Gasteiger partial charge in [-0.2, -0.15) is 4.98 Å². The van der Waals surface area contributed by atoms with E-state index in [1.54, 1.807) is 19.4 Å².